The van der Waals surface area contributed by atoms with Crippen LogP contribution in [-0.2, 0) is 0 Å². The SMILES string of the molecule is C=C/C=C/C.C=CC(C)C. The molecule has 0 spiro atoms. The molecule has 0 radical (unpaired) electrons. The molecule has 0 bridgehead atoms. The van der Waals surface area contributed by atoms with Gasteiger partial charge in [-0.1, -0.05) is 44.7 Å². The smallest absolute Gasteiger partial charge is 0.0293 e. The van der Waals surface area contributed by atoms with Gasteiger partial charge in [0.2, 0.25) is 0 Å². The van der Waals surface area contributed by atoms with Crippen molar-refractivity contribution in [2.24, 2.45) is 5.92 Å². The summed E-state index contributed by atoms with van der Waals surface area (Å²) in [6.07, 6.45) is 7.49. The molecule has 0 atom stereocenters. The predicted octanol–water partition coefficient (Wildman–Crippen LogP) is 3.58. The Hall–Kier alpha value is -0.780. The first-order valence-corrected chi connectivity index (χ1v) is 3.55. The van der Waals surface area contributed by atoms with E-state index in [0.29, 0.717) is 5.92 Å². The molecule has 0 aliphatic heterocycles. The van der Waals surface area contributed by atoms with Crippen molar-refractivity contribution in [1.29, 1.82) is 0 Å². The summed E-state index contributed by atoms with van der Waals surface area (Å²) >= 11 is 0. The molecule has 0 saturated heterocycles. The molecule has 0 fully saturated rings. The second kappa shape index (κ2) is 11.1. The Morgan fingerprint density at radius 1 is 1.20 bits per heavy atom. The van der Waals surface area contributed by atoms with Crippen molar-refractivity contribution in [2.45, 2.75) is 20.8 Å². The monoisotopic (exact) mass is 138 g/mol. The van der Waals surface area contributed by atoms with Gasteiger partial charge in [0, 0.05) is 0 Å². The van der Waals surface area contributed by atoms with Crippen LogP contribution in [0.1, 0.15) is 20.8 Å². The Balaban J connectivity index is 0. The first-order chi connectivity index (χ1) is 4.68. The molecule has 0 heterocycles. The average Bonchev–Trinajstić information content (AvgIpc) is 1.91. The van der Waals surface area contributed by atoms with Crippen molar-refractivity contribution in [1.82, 2.24) is 0 Å². The summed E-state index contributed by atoms with van der Waals surface area (Å²) in [5.41, 5.74) is 0. The van der Waals surface area contributed by atoms with Gasteiger partial charge >= 0.3 is 0 Å². The summed E-state index contributed by atoms with van der Waals surface area (Å²) in [4.78, 5) is 0. The van der Waals surface area contributed by atoms with Crippen molar-refractivity contribution in [2.75, 3.05) is 0 Å². The molecule has 0 amide bonds. The van der Waals surface area contributed by atoms with Gasteiger partial charge in [-0.3, -0.25) is 0 Å². The highest BCUT2D eigenvalue weighted by Gasteiger charge is 1.73. The summed E-state index contributed by atoms with van der Waals surface area (Å²) in [6, 6.07) is 0. The van der Waals surface area contributed by atoms with E-state index in [4.69, 9.17) is 0 Å². The Kier molecular flexibility index (Phi) is 13.2. The van der Waals surface area contributed by atoms with E-state index in [1.165, 1.54) is 0 Å². The molecule has 0 aromatic heterocycles. The molecule has 0 saturated carbocycles. The molecule has 0 aliphatic carbocycles. The third-order valence-electron chi connectivity index (χ3n) is 0.800. The lowest BCUT2D eigenvalue weighted by atomic mass is 10.2. The largest absolute Gasteiger partial charge is 0.103 e. The fraction of sp³-hybridized carbons (Fsp3) is 0.400. The predicted molar refractivity (Wildman–Crippen MR) is 50.0 cm³/mol. The molecule has 0 nitrogen and oxygen atoms in total. The van der Waals surface area contributed by atoms with Crippen LogP contribution in [0, 0.1) is 5.92 Å². The van der Waals surface area contributed by atoms with Crippen LogP contribution in [0.4, 0.5) is 0 Å². The number of hydrogen-bond donors (Lipinski definition) is 0. The second-order valence-electron chi connectivity index (χ2n) is 2.24. The highest BCUT2D eigenvalue weighted by Crippen LogP contribution is 1.87. The van der Waals surface area contributed by atoms with Crippen molar-refractivity contribution >= 4 is 0 Å². The van der Waals surface area contributed by atoms with Gasteiger partial charge in [-0.25, -0.2) is 0 Å². The molecule has 0 aliphatic rings. The standard InChI is InChI=1S/C5H10.C5H8/c1-4-5(2)3;1-3-5-4-2/h4-5H,1H2,2-3H3;3-5H,1H2,2H3/b;5-4+. The summed E-state index contributed by atoms with van der Waals surface area (Å²) in [7, 11) is 0. The minimum atomic E-state index is 0.648. The van der Waals surface area contributed by atoms with Gasteiger partial charge in [-0.15, -0.1) is 6.58 Å². The zero-order valence-corrected chi connectivity index (χ0v) is 7.30. The van der Waals surface area contributed by atoms with Crippen molar-refractivity contribution < 1.29 is 0 Å². The number of rotatable bonds is 2. The van der Waals surface area contributed by atoms with Crippen LogP contribution in [-0.4, -0.2) is 0 Å². The Morgan fingerprint density at radius 2 is 1.60 bits per heavy atom. The minimum absolute atomic E-state index is 0.648. The highest BCUT2D eigenvalue weighted by atomic mass is 13.8. The Bertz CT molecular complexity index is 96.6. The molecule has 0 aromatic rings. The van der Waals surface area contributed by atoms with Gasteiger partial charge in [-0.2, -0.15) is 0 Å². The topological polar surface area (TPSA) is 0 Å². The van der Waals surface area contributed by atoms with Crippen LogP contribution < -0.4 is 0 Å². The van der Waals surface area contributed by atoms with Gasteiger partial charge in [0.1, 0.15) is 0 Å². The van der Waals surface area contributed by atoms with Crippen molar-refractivity contribution in [3.63, 3.8) is 0 Å². The van der Waals surface area contributed by atoms with E-state index in [1.807, 2.05) is 25.2 Å². The maximum absolute atomic E-state index is 3.56. The fourth-order valence-electron chi connectivity index (χ4n) is 0.136. The van der Waals surface area contributed by atoms with E-state index >= 15 is 0 Å². The summed E-state index contributed by atoms with van der Waals surface area (Å²) in [5, 5.41) is 0. The fourth-order valence-corrected chi connectivity index (χ4v) is 0.136. The number of hydrogen-bond acceptors (Lipinski definition) is 0. The van der Waals surface area contributed by atoms with E-state index in [-0.39, 0.29) is 0 Å². The third kappa shape index (κ3) is 26.9. The van der Waals surface area contributed by atoms with Crippen LogP contribution in [0.3, 0.4) is 0 Å². The summed E-state index contributed by atoms with van der Waals surface area (Å²) < 4.78 is 0. The Morgan fingerprint density at radius 3 is 1.60 bits per heavy atom. The minimum Gasteiger partial charge on any atom is -0.103 e. The third-order valence-corrected chi connectivity index (χ3v) is 0.800. The average molecular weight is 138 g/mol. The van der Waals surface area contributed by atoms with E-state index in [2.05, 4.69) is 27.0 Å². The zero-order chi connectivity index (χ0) is 8.41. The molecule has 0 N–H and O–H groups in total. The van der Waals surface area contributed by atoms with Crippen LogP contribution in [0.25, 0.3) is 0 Å². The molecule has 0 rings (SSSR count). The van der Waals surface area contributed by atoms with Gasteiger partial charge < -0.3 is 0 Å². The first-order valence-electron chi connectivity index (χ1n) is 3.55. The molecular formula is C10H18. The summed E-state index contributed by atoms with van der Waals surface area (Å²) in [5.74, 6) is 0.648. The van der Waals surface area contributed by atoms with E-state index in [0.717, 1.165) is 0 Å². The number of allylic oxidation sites excluding steroid dienone is 4. The molecule has 10 heavy (non-hydrogen) atoms. The van der Waals surface area contributed by atoms with Crippen molar-refractivity contribution in [3.05, 3.63) is 37.5 Å². The maximum atomic E-state index is 3.56. The van der Waals surface area contributed by atoms with Crippen LogP contribution in [0.2, 0.25) is 0 Å². The highest BCUT2D eigenvalue weighted by molar-refractivity contribution is 4.94. The lowest BCUT2D eigenvalue weighted by molar-refractivity contribution is 0.835. The van der Waals surface area contributed by atoms with E-state index in [1.54, 1.807) is 6.08 Å². The van der Waals surface area contributed by atoms with Gasteiger partial charge in [0.15, 0.2) is 0 Å². The van der Waals surface area contributed by atoms with E-state index in [9.17, 15) is 0 Å². The quantitative estimate of drug-likeness (QED) is 0.404. The van der Waals surface area contributed by atoms with Crippen molar-refractivity contribution in [3.8, 4) is 0 Å². The zero-order valence-electron chi connectivity index (χ0n) is 7.30. The van der Waals surface area contributed by atoms with Crippen LogP contribution in [0.15, 0.2) is 37.5 Å². The second-order valence-corrected chi connectivity index (χ2v) is 2.24. The van der Waals surface area contributed by atoms with Crippen LogP contribution in [0.5, 0.6) is 0 Å². The molecule has 0 heteroatoms. The van der Waals surface area contributed by atoms with Gasteiger partial charge in [0.05, 0.1) is 0 Å². The van der Waals surface area contributed by atoms with Crippen LogP contribution >= 0.6 is 0 Å². The molecule has 0 unspecified atom stereocenters. The summed E-state index contributed by atoms with van der Waals surface area (Å²) in [6.45, 7) is 13.2. The first kappa shape index (κ1) is 12.0. The molecular weight excluding hydrogens is 120 g/mol. The van der Waals surface area contributed by atoms with E-state index < -0.39 is 0 Å². The Labute approximate surface area is 65.0 Å². The lowest BCUT2D eigenvalue weighted by Crippen LogP contribution is -1.71. The molecule has 0 aromatic carbocycles. The normalized spacial score (nSPS) is 8.80. The maximum Gasteiger partial charge on any atom is -0.0293 e. The van der Waals surface area contributed by atoms with Gasteiger partial charge in [-0.05, 0) is 12.8 Å². The lowest BCUT2D eigenvalue weighted by Gasteiger charge is -1.84. The molecule has 58 valence electrons. The van der Waals surface area contributed by atoms with Gasteiger partial charge in [0.25, 0.3) is 0 Å².